The second-order valence-electron chi connectivity index (χ2n) is 5.67. The maximum absolute atomic E-state index is 12.2. The molecule has 2 rings (SSSR count). The SMILES string of the molecule is Cc1ccc(NS(=O)(=O)CC(C)C(=O)NCCc2cscn2)cc1. The van der Waals surface area contributed by atoms with Crippen molar-refractivity contribution in [1.82, 2.24) is 10.3 Å². The Morgan fingerprint density at radius 2 is 2.00 bits per heavy atom. The molecule has 0 aliphatic rings. The molecule has 1 unspecified atom stereocenters. The number of sulfonamides is 1. The summed E-state index contributed by atoms with van der Waals surface area (Å²) >= 11 is 1.50. The van der Waals surface area contributed by atoms with E-state index in [2.05, 4.69) is 15.0 Å². The highest BCUT2D eigenvalue weighted by atomic mass is 32.2. The number of benzene rings is 1. The summed E-state index contributed by atoms with van der Waals surface area (Å²) < 4.78 is 26.8. The molecule has 0 bridgehead atoms. The number of hydrogen-bond donors (Lipinski definition) is 2. The van der Waals surface area contributed by atoms with E-state index in [1.165, 1.54) is 11.3 Å². The van der Waals surface area contributed by atoms with E-state index in [0.717, 1.165) is 11.3 Å². The maximum atomic E-state index is 12.2. The molecule has 0 saturated carbocycles. The van der Waals surface area contributed by atoms with E-state index in [9.17, 15) is 13.2 Å². The van der Waals surface area contributed by atoms with Gasteiger partial charge in [-0.15, -0.1) is 11.3 Å². The van der Waals surface area contributed by atoms with Crippen LogP contribution in [0.3, 0.4) is 0 Å². The molecule has 1 heterocycles. The van der Waals surface area contributed by atoms with Gasteiger partial charge in [-0.25, -0.2) is 13.4 Å². The van der Waals surface area contributed by atoms with Crippen molar-refractivity contribution in [3.63, 3.8) is 0 Å². The Labute approximate surface area is 146 Å². The normalized spacial score (nSPS) is 12.6. The molecule has 0 fully saturated rings. The average Bonchev–Trinajstić information content (AvgIpc) is 3.02. The number of nitrogens with one attached hydrogen (secondary N) is 2. The lowest BCUT2D eigenvalue weighted by Gasteiger charge is -2.14. The van der Waals surface area contributed by atoms with Crippen LogP contribution in [-0.2, 0) is 21.2 Å². The fraction of sp³-hybridized carbons (Fsp3) is 0.375. The molecule has 1 atom stereocenters. The Balaban J connectivity index is 1.81. The first-order chi connectivity index (χ1) is 11.4. The Hall–Kier alpha value is -1.93. The second-order valence-corrected chi connectivity index (χ2v) is 8.16. The second kappa shape index (κ2) is 8.25. The summed E-state index contributed by atoms with van der Waals surface area (Å²) in [6, 6.07) is 7.05. The van der Waals surface area contributed by atoms with Crippen molar-refractivity contribution < 1.29 is 13.2 Å². The third-order valence-electron chi connectivity index (χ3n) is 3.41. The van der Waals surface area contributed by atoms with E-state index >= 15 is 0 Å². The van der Waals surface area contributed by atoms with Gasteiger partial charge in [-0.05, 0) is 19.1 Å². The summed E-state index contributed by atoms with van der Waals surface area (Å²) in [7, 11) is -3.58. The predicted octanol–water partition coefficient (Wildman–Crippen LogP) is 2.19. The topological polar surface area (TPSA) is 88.2 Å². The van der Waals surface area contributed by atoms with Crippen molar-refractivity contribution in [1.29, 1.82) is 0 Å². The minimum Gasteiger partial charge on any atom is -0.355 e. The van der Waals surface area contributed by atoms with Gasteiger partial charge in [0.2, 0.25) is 15.9 Å². The van der Waals surface area contributed by atoms with Gasteiger partial charge in [0, 0.05) is 24.0 Å². The first-order valence-electron chi connectivity index (χ1n) is 7.57. The maximum Gasteiger partial charge on any atom is 0.233 e. The molecule has 0 aliphatic heterocycles. The number of carbonyl (C=O) groups is 1. The first kappa shape index (κ1) is 18.4. The summed E-state index contributed by atoms with van der Waals surface area (Å²) in [6.07, 6.45) is 0.635. The predicted molar refractivity (Wildman–Crippen MR) is 96.6 cm³/mol. The molecule has 1 aromatic heterocycles. The van der Waals surface area contributed by atoms with Crippen LogP contribution in [0.5, 0.6) is 0 Å². The molecule has 2 N–H and O–H groups in total. The summed E-state index contributed by atoms with van der Waals surface area (Å²) in [5.41, 5.74) is 4.20. The van der Waals surface area contributed by atoms with Crippen molar-refractivity contribution in [2.45, 2.75) is 20.3 Å². The van der Waals surface area contributed by atoms with Crippen molar-refractivity contribution in [2.24, 2.45) is 5.92 Å². The zero-order valence-corrected chi connectivity index (χ0v) is 15.3. The minimum absolute atomic E-state index is 0.261. The number of aromatic nitrogens is 1. The van der Waals surface area contributed by atoms with Gasteiger partial charge in [0.25, 0.3) is 0 Å². The fourth-order valence-electron chi connectivity index (χ4n) is 2.10. The molecule has 1 amide bonds. The molecule has 6 nitrogen and oxygen atoms in total. The van der Waals surface area contributed by atoms with E-state index < -0.39 is 15.9 Å². The fourth-order valence-corrected chi connectivity index (χ4v) is 4.08. The molecule has 8 heteroatoms. The Morgan fingerprint density at radius 1 is 1.29 bits per heavy atom. The number of carbonyl (C=O) groups excluding carboxylic acids is 1. The molecule has 2 aromatic rings. The number of amides is 1. The summed E-state index contributed by atoms with van der Waals surface area (Å²) in [5.74, 6) is -1.17. The highest BCUT2D eigenvalue weighted by molar-refractivity contribution is 7.92. The molecule has 0 aliphatic carbocycles. The first-order valence-corrected chi connectivity index (χ1v) is 10.2. The van der Waals surface area contributed by atoms with E-state index in [0.29, 0.717) is 18.7 Å². The van der Waals surface area contributed by atoms with E-state index in [4.69, 9.17) is 0 Å². The molecule has 0 spiro atoms. The zero-order valence-electron chi connectivity index (χ0n) is 13.7. The van der Waals surface area contributed by atoms with E-state index in [-0.39, 0.29) is 11.7 Å². The van der Waals surface area contributed by atoms with Crippen LogP contribution in [-0.4, -0.2) is 31.6 Å². The number of thiazole rings is 1. The van der Waals surface area contributed by atoms with Crippen LogP contribution in [0, 0.1) is 12.8 Å². The largest absolute Gasteiger partial charge is 0.355 e. The van der Waals surface area contributed by atoms with Crippen LogP contribution >= 0.6 is 11.3 Å². The van der Waals surface area contributed by atoms with Gasteiger partial charge < -0.3 is 5.32 Å². The van der Waals surface area contributed by atoms with Gasteiger partial charge in [0.1, 0.15) is 0 Å². The van der Waals surface area contributed by atoms with Crippen LogP contribution in [0.25, 0.3) is 0 Å². The molecule has 0 saturated heterocycles. The van der Waals surface area contributed by atoms with Crippen LogP contribution in [0.1, 0.15) is 18.2 Å². The monoisotopic (exact) mass is 367 g/mol. The lowest BCUT2D eigenvalue weighted by Crippen LogP contribution is -2.35. The van der Waals surface area contributed by atoms with Gasteiger partial charge in [0.05, 0.1) is 22.9 Å². The van der Waals surface area contributed by atoms with Crippen LogP contribution < -0.4 is 10.0 Å². The number of aryl methyl sites for hydroxylation is 1. The smallest absolute Gasteiger partial charge is 0.233 e. The Bertz CT molecular complexity index is 756. The summed E-state index contributed by atoms with van der Waals surface area (Å²) in [4.78, 5) is 16.2. The standard InChI is InChI=1S/C16H21N3O3S2/c1-12-3-5-14(6-4-12)19-24(21,22)10-13(2)16(20)17-8-7-15-9-23-11-18-15/h3-6,9,11,13,19H,7-8,10H2,1-2H3,(H,17,20). The zero-order chi connectivity index (χ0) is 17.6. The van der Waals surface area contributed by atoms with Gasteiger partial charge in [-0.1, -0.05) is 24.6 Å². The lowest BCUT2D eigenvalue weighted by molar-refractivity contribution is -0.123. The lowest BCUT2D eigenvalue weighted by atomic mass is 10.2. The quantitative estimate of drug-likeness (QED) is 0.749. The third kappa shape index (κ3) is 5.93. The van der Waals surface area contributed by atoms with Crippen LogP contribution in [0.2, 0.25) is 0 Å². The van der Waals surface area contributed by atoms with Crippen molar-refractivity contribution >= 4 is 33.0 Å². The number of rotatable bonds is 8. The molecule has 24 heavy (non-hydrogen) atoms. The number of nitrogens with zero attached hydrogens (tertiary/aromatic N) is 1. The van der Waals surface area contributed by atoms with Crippen molar-refractivity contribution in [3.8, 4) is 0 Å². The highest BCUT2D eigenvalue weighted by Crippen LogP contribution is 2.12. The van der Waals surface area contributed by atoms with Crippen molar-refractivity contribution in [3.05, 3.63) is 46.4 Å². The summed E-state index contributed by atoms with van der Waals surface area (Å²) in [5, 5.41) is 4.67. The average molecular weight is 367 g/mol. The van der Waals surface area contributed by atoms with Crippen molar-refractivity contribution in [2.75, 3.05) is 17.0 Å². The van der Waals surface area contributed by atoms with Gasteiger partial charge in [-0.3, -0.25) is 9.52 Å². The molecule has 130 valence electrons. The third-order valence-corrected chi connectivity index (χ3v) is 5.53. The Kier molecular flexibility index (Phi) is 6.33. The van der Waals surface area contributed by atoms with Crippen LogP contribution in [0.15, 0.2) is 35.2 Å². The van der Waals surface area contributed by atoms with E-state index in [1.807, 2.05) is 24.4 Å². The minimum atomic E-state index is -3.58. The van der Waals surface area contributed by atoms with E-state index in [1.54, 1.807) is 24.6 Å². The number of hydrogen-bond acceptors (Lipinski definition) is 5. The molecular weight excluding hydrogens is 346 g/mol. The molecule has 1 aromatic carbocycles. The molecule has 0 radical (unpaired) electrons. The van der Waals surface area contributed by atoms with Gasteiger partial charge in [0.15, 0.2) is 0 Å². The van der Waals surface area contributed by atoms with Crippen LogP contribution in [0.4, 0.5) is 5.69 Å². The Morgan fingerprint density at radius 3 is 2.62 bits per heavy atom. The molecular formula is C16H21N3O3S2. The highest BCUT2D eigenvalue weighted by Gasteiger charge is 2.21. The number of anilines is 1. The summed E-state index contributed by atoms with van der Waals surface area (Å²) in [6.45, 7) is 3.97. The van der Waals surface area contributed by atoms with Gasteiger partial charge >= 0.3 is 0 Å². The van der Waals surface area contributed by atoms with Gasteiger partial charge in [-0.2, -0.15) is 0 Å².